The average molecular weight is 365 g/mol. The van der Waals surface area contributed by atoms with E-state index in [1.165, 1.54) is 5.57 Å². The van der Waals surface area contributed by atoms with Crippen LogP contribution in [-0.2, 0) is 4.52 Å². The maximum Gasteiger partial charge on any atom is 0.340 e. The molecule has 0 radical (unpaired) electrons. The molecule has 4 heteroatoms. The lowest BCUT2D eigenvalue weighted by Crippen LogP contribution is -2.06. The van der Waals surface area contributed by atoms with Crippen molar-refractivity contribution >= 4 is 36.9 Å². The van der Waals surface area contributed by atoms with Crippen LogP contribution in [0.2, 0.25) is 0 Å². The highest BCUT2D eigenvalue weighted by molar-refractivity contribution is 9.09. The Kier molecular flexibility index (Phi) is 5.18. The summed E-state index contributed by atoms with van der Waals surface area (Å²) in [5.74, 6) is -0.347. The molecule has 1 unspecified atom stereocenters. The van der Waals surface area contributed by atoms with Crippen LogP contribution in [0.1, 0.15) is 29.8 Å². The zero-order valence-corrected chi connectivity index (χ0v) is 14.8. The second-order valence-corrected chi connectivity index (χ2v) is 6.35. The molecule has 1 atom stereocenters. The number of hydrogen-bond donors (Lipinski definition) is 0. The third-order valence-corrected chi connectivity index (χ3v) is 4.14. The van der Waals surface area contributed by atoms with Gasteiger partial charge >= 0.3 is 5.97 Å². The first kappa shape index (κ1) is 16.2. The van der Waals surface area contributed by atoms with Gasteiger partial charge in [-0.2, -0.15) is 0 Å². The molecule has 0 fully saturated rings. The zero-order valence-electron chi connectivity index (χ0n) is 12.1. The van der Waals surface area contributed by atoms with Gasteiger partial charge in [0.1, 0.15) is 0 Å². The number of carbonyl (C=O) groups is 1. The fourth-order valence-electron chi connectivity index (χ4n) is 2.44. The molecule has 1 aromatic rings. The SMILES string of the molecule is CC1(C)C=C(CBr)C=CC(c2ccccc2C(=O)OP)=C1. The van der Waals surface area contributed by atoms with Gasteiger partial charge < -0.3 is 4.52 Å². The second-order valence-electron chi connectivity index (χ2n) is 5.56. The van der Waals surface area contributed by atoms with Crippen molar-refractivity contribution in [3.63, 3.8) is 0 Å². The van der Waals surface area contributed by atoms with E-state index in [0.717, 1.165) is 16.5 Å². The molecule has 110 valence electrons. The quantitative estimate of drug-likeness (QED) is 0.561. The van der Waals surface area contributed by atoms with Crippen molar-refractivity contribution in [2.45, 2.75) is 13.8 Å². The molecule has 0 N–H and O–H groups in total. The molecule has 21 heavy (non-hydrogen) atoms. The molecular formula is C17H18BrO2P. The van der Waals surface area contributed by atoms with E-state index in [-0.39, 0.29) is 11.4 Å². The molecule has 0 aliphatic heterocycles. The second kappa shape index (κ2) is 6.72. The Morgan fingerprint density at radius 3 is 2.62 bits per heavy atom. The predicted octanol–water partition coefficient (Wildman–Crippen LogP) is 4.93. The summed E-state index contributed by atoms with van der Waals surface area (Å²) in [6.07, 6.45) is 8.53. The van der Waals surface area contributed by atoms with Crippen LogP contribution in [0.15, 0.2) is 54.1 Å². The van der Waals surface area contributed by atoms with Crippen LogP contribution in [0.3, 0.4) is 0 Å². The molecule has 0 aromatic heterocycles. The van der Waals surface area contributed by atoms with Gasteiger partial charge in [-0.3, -0.25) is 0 Å². The molecule has 2 rings (SSSR count). The molecule has 0 saturated heterocycles. The van der Waals surface area contributed by atoms with E-state index >= 15 is 0 Å². The van der Waals surface area contributed by atoms with Crippen molar-refractivity contribution in [1.29, 1.82) is 0 Å². The smallest absolute Gasteiger partial charge is 0.340 e. The Hall–Kier alpha value is -1.18. The molecule has 2 nitrogen and oxygen atoms in total. The van der Waals surface area contributed by atoms with E-state index < -0.39 is 0 Å². The van der Waals surface area contributed by atoms with Gasteiger partial charge in [0, 0.05) is 10.7 Å². The van der Waals surface area contributed by atoms with Gasteiger partial charge in [-0.25, -0.2) is 4.79 Å². The highest BCUT2D eigenvalue weighted by atomic mass is 79.9. The van der Waals surface area contributed by atoms with E-state index in [1.54, 1.807) is 6.07 Å². The molecule has 1 aliphatic rings. The normalized spacial score (nSPS) is 16.8. The monoisotopic (exact) mass is 364 g/mol. The molecular weight excluding hydrogens is 347 g/mol. The summed E-state index contributed by atoms with van der Waals surface area (Å²) in [4.78, 5) is 11.9. The number of allylic oxidation sites excluding steroid dienone is 6. The molecule has 0 bridgehead atoms. The lowest BCUT2D eigenvalue weighted by Gasteiger charge is -2.17. The first-order chi connectivity index (χ1) is 9.96. The van der Waals surface area contributed by atoms with Crippen LogP contribution in [-0.4, -0.2) is 11.3 Å². The number of carbonyl (C=O) groups excluding carboxylic acids is 1. The molecule has 1 aliphatic carbocycles. The summed E-state index contributed by atoms with van der Waals surface area (Å²) in [6, 6.07) is 7.50. The third-order valence-electron chi connectivity index (χ3n) is 3.28. The van der Waals surface area contributed by atoms with Crippen LogP contribution in [0.5, 0.6) is 0 Å². The van der Waals surface area contributed by atoms with E-state index in [0.29, 0.717) is 5.56 Å². The lowest BCUT2D eigenvalue weighted by atomic mass is 9.88. The molecule has 0 heterocycles. The van der Waals surface area contributed by atoms with E-state index in [9.17, 15) is 4.79 Å². The first-order valence-corrected chi connectivity index (χ1v) is 8.25. The number of rotatable bonds is 3. The number of halogens is 1. The summed E-state index contributed by atoms with van der Waals surface area (Å²) >= 11 is 3.50. The number of alkyl halides is 1. The van der Waals surface area contributed by atoms with Gasteiger partial charge in [0.2, 0.25) is 0 Å². The summed E-state index contributed by atoms with van der Waals surface area (Å²) in [5.41, 5.74) is 3.62. The van der Waals surface area contributed by atoms with Crippen molar-refractivity contribution in [3.8, 4) is 0 Å². The topological polar surface area (TPSA) is 26.3 Å². The van der Waals surface area contributed by atoms with Gasteiger partial charge in [0.05, 0.1) is 15.0 Å². The standard InChI is InChI=1S/C17H18BrO2P/c1-17(2)9-12(11-18)7-8-13(10-17)14-5-3-4-6-15(14)16(19)20-21/h3-10H,11,21H2,1-2H3. The van der Waals surface area contributed by atoms with Crippen molar-refractivity contribution in [2.75, 3.05) is 5.33 Å². The average Bonchev–Trinajstić information content (AvgIpc) is 2.64. The van der Waals surface area contributed by atoms with Crippen LogP contribution >= 0.6 is 25.4 Å². The lowest BCUT2D eigenvalue weighted by molar-refractivity contribution is 0.0765. The van der Waals surface area contributed by atoms with Gasteiger partial charge in [0.15, 0.2) is 0 Å². The summed E-state index contributed by atoms with van der Waals surface area (Å²) in [5, 5.41) is 0.809. The van der Waals surface area contributed by atoms with Crippen molar-refractivity contribution in [1.82, 2.24) is 0 Å². The highest BCUT2D eigenvalue weighted by Crippen LogP contribution is 2.33. The van der Waals surface area contributed by atoms with Crippen molar-refractivity contribution < 1.29 is 9.32 Å². The van der Waals surface area contributed by atoms with Crippen LogP contribution in [0.25, 0.3) is 5.57 Å². The maximum absolute atomic E-state index is 11.9. The van der Waals surface area contributed by atoms with Crippen molar-refractivity contribution in [3.05, 3.63) is 65.3 Å². The Morgan fingerprint density at radius 1 is 1.24 bits per heavy atom. The minimum atomic E-state index is -0.347. The fourth-order valence-corrected chi connectivity index (χ4v) is 2.92. The Morgan fingerprint density at radius 2 is 1.95 bits per heavy atom. The minimum Gasteiger partial charge on any atom is -0.448 e. The largest absolute Gasteiger partial charge is 0.448 e. The maximum atomic E-state index is 11.9. The third kappa shape index (κ3) is 3.93. The molecule has 1 aromatic carbocycles. The summed E-state index contributed by atoms with van der Waals surface area (Å²) in [7, 11) is 2.01. The number of hydrogen-bond acceptors (Lipinski definition) is 2. The predicted molar refractivity (Wildman–Crippen MR) is 94.3 cm³/mol. The summed E-state index contributed by atoms with van der Waals surface area (Å²) < 4.78 is 4.80. The Bertz CT molecular complexity index is 642. The van der Waals surface area contributed by atoms with Gasteiger partial charge in [-0.05, 0) is 22.8 Å². The molecule has 0 saturated carbocycles. The van der Waals surface area contributed by atoms with Crippen molar-refractivity contribution in [2.24, 2.45) is 5.41 Å². The Balaban J connectivity index is 2.53. The Labute approximate surface area is 136 Å². The fraction of sp³-hybridized carbons (Fsp3) is 0.235. The van der Waals surface area contributed by atoms with Gasteiger partial charge in [0.25, 0.3) is 0 Å². The van der Waals surface area contributed by atoms with Crippen LogP contribution in [0.4, 0.5) is 0 Å². The first-order valence-electron chi connectivity index (χ1n) is 6.66. The highest BCUT2D eigenvalue weighted by Gasteiger charge is 2.19. The van der Waals surface area contributed by atoms with Crippen LogP contribution in [0, 0.1) is 5.41 Å². The van der Waals surface area contributed by atoms with E-state index in [2.05, 4.69) is 54.1 Å². The van der Waals surface area contributed by atoms with Crippen LogP contribution < -0.4 is 0 Å². The van der Waals surface area contributed by atoms with Gasteiger partial charge in [-0.15, -0.1) is 0 Å². The van der Waals surface area contributed by atoms with Gasteiger partial charge in [-0.1, -0.05) is 72.3 Å². The minimum absolute atomic E-state index is 0.0834. The molecule has 0 amide bonds. The number of benzene rings is 1. The molecule has 0 spiro atoms. The zero-order chi connectivity index (χ0) is 15.5. The van der Waals surface area contributed by atoms with E-state index in [4.69, 9.17) is 4.52 Å². The van der Waals surface area contributed by atoms with E-state index in [1.807, 2.05) is 27.7 Å². The summed E-state index contributed by atoms with van der Waals surface area (Å²) in [6.45, 7) is 4.30.